The van der Waals surface area contributed by atoms with Crippen LogP contribution in [0.3, 0.4) is 0 Å². The lowest BCUT2D eigenvalue weighted by molar-refractivity contribution is -0.131. The molecule has 0 bridgehead atoms. The van der Waals surface area contributed by atoms with E-state index in [0.29, 0.717) is 37.3 Å². The van der Waals surface area contributed by atoms with E-state index in [1.54, 1.807) is 19.2 Å². The smallest absolute Gasteiger partial charge is 0.243 e. The molecule has 1 aliphatic rings. The first-order valence-electron chi connectivity index (χ1n) is 10.4. The maximum Gasteiger partial charge on any atom is 0.243 e. The number of benzene rings is 2. The van der Waals surface area contributed by atoms with Crippen LogP contribution in [0.15, 0.2) is 47.6 Å². The van der Waals surface area contributed by atoms with Gasteiger partial charge in [0.2, 0.25) is 11.8 Å². The quantitative estimate of drug-likeness (QED) is 0.699. The number of nitrogens with one attached hydrogen (secondary N) is 1. The molecule has 1 aliphatic heterocycles. The molecule has 0 spiro atoms. The van der Waals surface area contributed by atoms with Gasteiger partial charge >= 0.3 is 0 Å². The van der Waals surface area contributed by atoms with E-state index < -0.39 is 0 Å². The number of hydrazone groups is 1. The van der Waals surface area contributed by atoms with Crippen LogP contribution < -0.4 is 14.8 Å². The third-order valence-electron chi connectivity index (χ3n) is 5.18. The average molecular weight is 424 g/mol. The normalized spacial score (nSPS) is 13.8. The number of hydrogen-bond acceptors (Lipinski definition) is 5. The summed E-state index contributed by atoms with van der Waals surface area (Å²) >= 11 is 0. The van der Waals surface area contributed by atoms with E-state index in [9.17, 15) is 9.59 Å². The zero-order valence-corrected chi connectivity index (χ0v) is 18.5. The summed E-state index contributed by atoms with van der Waals surface area (Å²) in [5.41, 5.74) is 3.61. The first-order chi connectivity index (χ1) is 14.9. The Morgan fingerprint density at radius 2 is 1.77 bits per heavy atom. The molecule has 1 heterocycles. The van der Waals surface area contributed by atoms with Crippen molar-refractivity contribution < 1.29 is 19.1 Å². The summed E-state index contributed by atoms with van der Waals surface area (Å²) in [4.78, 5) is 24.2. The zero-order valence-electron chi connectivity index (χ0n) is 18.5. The van der Waals surface area contributed by atoms with Gasteiger partial charge in [0.1, 0.15) is 0 Å². The topological polar surface area (TPSA) is 80.2 Å². The highest BCUT2D eigenvalue weighted by Crippen LogP contribution is 2.29. The lowest BCUT2D eigenvalue weighted by Crippen LogP contribution is -2.33. The van der Waals surface area contributed by atoms with Gasteiger partial charge in [0, 0.05) is 36.6 Å². The Bertz CT molecular complexity index is 967. The first-order valence-corrected chi connectivity index (χ1v) is 10.4. The Hall–Kier alpha value is -3.35. The largest absolute Gasteiger partial charge is 0.493 e. The highest BCUT2D eigenvalue weighted by Gasteiger charge is 2.22. The van der Waals surface area contributed by atoms with Crippen molar-refractivity contribution in [2.24, 2.45) is 11.0 Å². The molecule has 2 amide bonds. The number of ether oxygens (including phenoxy) is 2. The Kier molecular flexibility index (Phi) is 7.28. The van der Waals surface area contributed by atoms with Crippen molar-refractivity contribution in [2.45, 2.75) is 33.1 Å². The number of carbonyl (C=O) groups excluding carboxylic acids is 2. The summed E-state index contributed by atoms with van der Waals surface area (Å²) in [7, 11) is 3.19. The van der Waals surface area contributed by atoms with E-state index in [1.807, 2.05) is 56.3 Å². The summed E-state index contributed by atoms with van der Waals surface area (Å²) in [5.74, 6) is 1.23. The van der Waals surface area contributed by atoms with E-state index >= 15 is 0 Å². The van der Waals surface area contributed by atoms with Gasteiger partial charge in [-0.2, -0.15) is 5.10 Å². The molecule has 0 fully saturated rings. The van der Waals surface area contributed by atoms with Crippen LogP contribution in [0.25, 0.3) is 0 Å². The third kappa shape index (κ3) is 5.63. The number of carbonyl (C=O) groups is 2. The Balaban J connectivity index is 1.67. The fourth-order valence-corrected chi connectivity index (χ4v) is 3.27. The second-order valence-corrected chi connectivity index (χ2v) is 7.72. The van der Waals surface area contributed by atoms with Crippen LogP contribution >= 0.6 is 0 Å². The van der Waals surface area contributed by atoms with Crippen molar-refractivity contribution in [1.82, 2.24) is 5.01 Å². The van der Waals surface area contributed by atoms with Crippen LogP contribution in [-0.2, 0) is 16.0 Å². The molecule has 2 aromatic rings. The van der Waals surface area contributed by atoms with Gasteiger partial charge in [0.05, 0.1) is 19.9 Å². The Labute approximate surface area is 183 Å². The third-order valence-corrected chi connectivity index (χ3v) is 5.18. The van der Waals surface area contributed by atoms with Crippen LogP contribution in [0.2, 0.25) is 0 Å². The monoisotopic (exact) mass is 423 g/mol. The summed E-state index contributed by atoms with van der Waals surface area (Å²) < 4.78 is 10.7. The first kappa shape index (κ1) is 22.3. The lowest BCUT2D eigenvalue weighted by atomic mass is 10.0. The van der Waals surface area contributed by atoms with Crippen LogP contribution in [0.5, 0.6) is 11.5 Å². The highest BCUT2D eigenvalue weighted by molar-refractivity contribution is 6.04. The molecule has 0 radical (unpaired) electrons. The molecule has 3 rings (SSSR count). The van der Waals surface area contributed by atoms with Crippen molar-refractivity contribution >= 4 is 23.2 Å². The average Bonchev–Trinajstić information content (AvgIpc) is 2.78. The molecule has 1 N–H and O–H groups in total. The van der Waals surface area contributed by atoms with Crippen LogP contribution in [0.4, 0.5) is 5.69 Å². The van der Waals surface area contributed by atoms with Gasteiger partial charge < -0.3 is 14.8 Å². The van der Waals surface area contributed by atoms with E-state index in [-0.39, 0.29) is 17.7 Å². The van der Waals surface area contributed by atoms with Crippen molar-refractivity contribution in [1.29, 1.82) is 0 Å². The maximum absolute atomic E-state index is 12.4. The molecule has 0 unspecified atom stereocenters. The van der Waals surface area contributed by atoms with Gasteiger partial charge in [0.25, 0.3) is 0 Å². The molecule has 2 aromatic carbocycles. The van der Waals surface area contributed by atoms with Gasteiger partial charge in [0.15, 0.2) is 11.5 Å². The van der Waals surface area contributed by atoms with Crippen molar-refractivity contribution in [2.75, 3.05) is 26.1 Å². The summed E-state index contributed by atoms with van der Waals surface area (Å²) in [6, 6.07) is 13.3. The summed E-state index contributed by atoms with van der Waals surface area (Å²) in [6.07, 6.45) is 1.69. The molecule has 31 heavy (non-hydrogen) atoms. The lowest BCUT2D eigenvalue weighted by Gasteiger charge is -2.24. The minimum absolute atomic E-state index is 0.0105. The minimum atomic E-state index is -0.0671. The van der Waals surface area contributed by atoms with Crippen molar-refractivity contribution in [3.8, 4) is 11.5 Å². The summed E-state index contributed by atoms with van der Waals surface area (Å²) in [5, 5.41) is 9.03. The number of hydrogen-bond donors (Lipinski definition) is 1. The predicted octanol–water partition coefficient (Wildman–Crippen LogP) is 3.87. The fourth-order valence-electron chi connectivity index (χ4n) is 3.27. The number of methoxy groups -OCH3 is 2. The molecular formula is C24H29N3O4. The van der Waals surface area contributed by atoms with Crippen LogP contribution in [0.1, 0.15) is 37.8 Å². The number of nitrogens with zero attached hydrogens (tertiary/aromatic N) is 2. The second kappa shape index (κ2) is 10.1. The number of amides is 2. The molecule has 0 saturated carbocycles. The molecule has 7 nitrogen and oxygen atoms in total. The molecule has 164 valence electrons. The minimum Gasteiger partial charge on any atom is -0.493 e. The van der Waals surface area contributed by atoms with Crippen LogP contribution in [-0.4, -0.2) is 43.3 Å². The van der Waals surface area contributed by atoms with E-state index in [1.165, 1.54) is 0 Å². The second-order valence-electron chi connectivity index (χ2n) is 7.72. The van der Waals surface area contributed by atoms with Crippen LogP contribution in [0, 0.1) is 5.92 Å². The van der Waals surface area contributed by atoms with E-state index in [0.717, 1.165) is 22.5 Å². The SMILES string of the molecule is COc1ccc(C2=NN(CCc3ccc(NC(=O)C(C)C)cc3)C(=O)CC2)cc1OC. The van der Waals surface area contributed by atoms with Gasteiger partial charge in [-0.25, -0.2) is 5.01 Å². The van der Waals surface area contributed by atoms with E-state index in [4.69, 9.17) is 9.47 Å². The predicted molar refractivity (Wildman–Crippen MR) is 121 cm³/mol. The van der Waals surface area contributed by atoms with Gasteiger partial charge in [-0.05, 0) is 42.3 Å². The fraction of sp³-hybridized carbons (Fsp3) is 0.375. The molecular weight excluding hydrogens is 394 g/mol. The van der Waals surface area contributed by atoms with Crippen molar-refractivity contribution in [3.05, 3.63) is 53.6 Å². The summed E-state index contributed by atoms with van der Waals surface area (Å²) in [6.45, 7) is 4.21. The number of anilines is 1. The standard InChI is InChI=1S/C24H29N3O4/c1-16(2)24(29)25-19-8-5-17(6-9-19)13-14-27-23(28)12-10-20(26-27)18-7-11-21(30-3)22(15-18)31-4/h5-9,11,15-16H,10,12-14H2,1-4H3,(H,25,29). The van der Waals surface area contributed by atoms with E-state index in [2.05, 4.69) is 10.4 Å². The highest BCUT2D eigenvalue weighted by atomic mass is 16.5. The maximum atomic E-state index is 12.4. The molecule has 0 aromatic heterocycles. The Morgan fingerprint density at radius 1 is 1.06 bits per heavy atom. The molecule has 7 heteroatoms. The van der Waals surface area contributed by atoms with Gasteiger partial charge in [-0.15, -0.1) is 0 Å². The van der Waals surface area contributed by atoms with Crippen molar-refractivity contribution in [3.63, 3.8) is 0 Å². The van der Waals surface area contributed by atoms with Gasteiger partial charge in [-0.3, -0.25) is 9.59 Å². The number of rotatable bonds is 8. The Morgan fingerprint density at radius 3 is 2.42 bits per heavy atom. The zero-order chi connectivity index (χ0) is 22.4. The molecule has 0 aliphatic carbocycles. The molecule has 0 saturated heterocycles. The van der Waals surface area contributed by atoms with Gasteiger partial charge in [-0.1, -0.05) is 26.0 Å². The molecule has 0 atom stereocenters.